The molecule has 4 nitrogen and oxygen atoms in total. The minimum Gasteiger partial charge on any atom is -0.727 e. The Labute approximate surface area is 66.7 Å². The molecule has 0 aliphatic rings. The number of hydrogen-bond donors (Lipinski definition) is 2. The SMILES string of the molecule is O=[Si-]O.[Ca+2].[O-]O. The fraction of sp³-hybridized carbons (Fsp3) is 0. The van der Waals surface area contributed by atoms with Gasteiger partial charge in [-0.3, -0.25) is 0 Å². The fourth-order valence-corrected chi connectivity index (χ4v) is 0. The summed E-state index contributed by atoms with van der Waals surface area (Å²) in [4.78, 5) is 7.04. The molecule has 0 fully saturated rings. The average Bonchev–Trinajstić information content (AvgIpc) is 1.46. The van der Waals surface area contributed by atoms with E-state index in [1.807, 2.05) is 0 Å². The molecule has 0 rings (SSSR count). The van der Waals surface area contributed by atoms with Crippen LogP contribution in [0.4, 0.5) is 0 Å². The second kappa shape index (κ2) is 37.6. The van der Waals surface area contributed by atoms with Gasteiger partial charge in [-0.05, 0) is 0 Å². The van der Waals surface area contributed by atoms with Crippen LogP contribution in [-0.4, -0.2) is 57.4 Å². The van der Waals surface area contributed by atoms with Crippen LogP contribution in [0.2, 0.25) is 0 Å². The van der Waals surface area contributed by atoms with Crippen molar-refractivity contribution in [3.8, 4) is 0 Å². The summed E-state index contributed by atoms with van der Waals surface area (Å²) in [5.41, 5.74) is 0. The van der Waals surface area contributed by atoms with E-state index >= 15 is 0 Å². The Hall–Kier alpha value is 0.997. The van der Waals surface area contributed by atoms with E-state index in [1.54, 1.807) is 0 Å². The molecule has 0 spiro atoms. The van der Waals surface area contributed by atoms with E-state index in [0.717, 1.165) is 0 Å². The van der Waals surface area contributed by atoms with Gasteiger partial charge in [0.1, 0.15) is 0 Å². The zero-order valence-electron chi connectivity index (χ0n) is 2.92. The number of rotatable bonds is 0. The molecule has 0 amide bonds. The van der Waals surface area contributed by atoms with Gasteiger partial charge in [-0.1, -0.05) is 0 Å². The molecule has 6 heavy (non-hydrogen) atoms. The van der Waals surface area contributed by atoms with Crippen molar-refractivity contribution in [3.05, 3.63) is 0 Å². The summed E-state index contributed by atoms with van der Waals surface area (Å²) in [6, 6.07) is 0. The topological polar surface area (TPSA) is 80.6 Å². The largest absolute Gasteiger partial charge is 2.00 e. The third-order valence-corrected chi connectivity index (χ3v) is 0. The van der Waals surface area contributed by atoms with Crippen LogP contribution in [0.25, 0.3) is 0 Å². The van der Waals surface area contributed by atoms with Crippen LogP contribution in [0.15, 0.2) is 0 Å². The summed E-state index contributed by atoms with van der Waals surface area (Å²) in [5, 5.41) is 13.0. The molecular weight excluding hydrogens is 132 g/mol. The van der Waals surface area contributed by atoms with E-state index in [-0.39, 0.29) is 37.7 Å². The molecule has 0 saturated carbocycles. The minimum absolute atomic E-state index is 0. The molecule has 0 radical (unpaired) electrons. The first-order valence-electron chi connectivity index (χ1n) is 0.610. The average molecular weight is 134 g/mol. The van der Waals surface area contributed by atoms with Crippen molar-refractivity contribution in [1.29, 1.82) is 0 Å². The van der Waals surface area contributed by atoms with Crippen LogP contribution < -0.4 is 5.26 Å². The van der Waals surface area contributed by atoms with Crippen molar-refractivity contribution in [2.24, 2.45) is 0 Å². The third-order valence-electron chi connectivity index (χ3n) is 0. The van der Waals surface area contributed by atoms with Crippen molar-refractivity contribution < 1.29 is 19.8 Å². The summed E-state index contributed by atoms with van der Waals surface area (Å²) in [6.07, 6.45) is 0. The summed E-state index contributed by atoms with van der Waals surface area (Å²) in [6.45, 7) is 0. The molecule has 6 heteroatoms. The van der Waals surface area contributed by atoms with Crippen LogP contribution in [0.5, 0.6) is 0 Å². The molecule has 0 aromatic carbocycles. The van der Waals surface area contributed by atoms with Crippen molar-refractivity contribution in [2.75, 3.05) is 0 Å². The molecular formula is H2CaO4Si. The van der Waals surface area contributed by atoms with E-state index in [0.29, 0.717) is 0 Å². The van der Waals surface area contributed by atoms with E-state index in [9.17, 15) is 0 Å². The van der Waals surface area contributed by atoms with E-state index in [4.69, 9.17) is 19.8 Å². The monoisotopic (exact) mass is 134 g/mol. The first-order chi connectivity index (χ1) is 2.41. The Morgan fingerprint density at radius 3 is 1.50 bits per heavy atom. The van der Waals surface area contributed by atoms with Crippen LogP contribution in [0.3, 0.4) is 0 Å². The molecule has 32 valence electrons. The quantitative estimate of drug-likeness (QED) is 0.216. The van der Waals surface area contributed by atoms with Gasteiger partial charge in [0, 0.05) is 0 Å². The molecule has 0 unspecified atom stereocenters. The smallest absolute Gasteiger partial charge is 0.727 e. The molecule has 0 aliphatic carbocycles. The summed E-state index contributed by atoms with van der Waals surface area (Å²) in [7, 11) is -1.17. The molecule has 0 aromatic heterocycles. The Morgan fingerprint density at radius 2 is 1.50 bits per heavy atom. The second-order valence-electron chi connectivity index (χ2n) is 0.0913. The van der Waals surface area contributed by atoms with Gasteiger partial charge >= 0.3 is 37.7 Å². The Balaban J connectivity index is -0.0000000275. The van der Waals surface area contributed by atoms with E-state index in [2.05, 4.69) is 0 Å². The summed E-state index contributed by atoms with van der Waals surface area (Å²) in [5.74, 6) is 0. The standard InChI is InChI=1S/Ca.HO2Si.H2O2/c;1-3-2;1-2/h;1H;1-2H/q+2;-1;/p-1. The maximum absolute atomic E-state index is 8.51. The number of hydrogen-bond acceptors (Lipinski definition) is 3. The molecule has 0 aromatic rings. The Kier molecular flexibility index (Phi) is 98.6. The zero-order chi connectivity index (χ0) is 4.71. The predicted molar refractivity (Wildman–Crippen MR) is 17.0 cm³/mol. The summed E-state index contributed by atoms with van der Waals surface area (Å²) < 4.78 is 8.51. The van der Waals surface area contributed by atoms with Crippen LogP contribution in [0, 0.1) is 0 Å². The molecule has 0 heterocycles. The third kappa shape index (κ3) is 80.4. The Bertz CT molecular complexity index is 15.0. The molecule has 0 atom stereocenters. The minimum atomic E-state index is -1.17. The first-order valence-corrected chi connectivity index (χ1v) is 1.47. The van der Waals surface area contributed by atoms with Gasteiger partial charge in [0.15, 0.2) is 0 Å². The van der Waals surface area contributed by atoms with Crippen LogP contribution in [0.1, 0.15) is 0 Å². The van der Waals surface area contributed by atoms with Gasteiger partial charge in [-0.2, -0.15) is 0 Å². The van der Waals surface area contributed by atoms with Crippen LogP contribution >= 0.6 is 0 Å². The normalized spacial score (nSPS) is 3.00. The van der Waals surface area contributed by atoms with Gasteiger partial charge in [0.2, 0.25) is 0 Å². The van der Waals surface area contributed by atoms with Gasteiger partial charge in [-0.15, -0.1) is 0 Å². The van der Waals surface area contributed by atoms with Crippen LogP contribution in [-0.2, 0) is 4.46 Å². The first kappa shape index (κ1) is 15.8. The van der Waals surface area contributed by atoms with E-state index < -0.39 is 9.65 Å². The van der Waals surface area contributed by atoms with Gasteiger partial charge < -0.3 is 19.8 Å². The second-order valence-corrected chi connectivity index (χ2v) is 0.274. The van der Waals surface area contributed by atoms with Crippen molar-refractivity contribution in [1.82, 2.24) is 0 Å². The maximum Gasteiger partial charge on any atom is 2.00 e. The summed E-state index contributed by atoms with van der Waals surface area (Å²) >= 11 is 0. The van der Waals surface area contributed by atoms with E-state index in [1.165, 1.54) is 0 Å². The molecule has 2 N–H and O–H groups in total. The van der Waals surface area contributed by atoms with Crippen molar-refractivity contribution in [3.63, 3.8) is 0 Å². The molecule has 0 aliphatic heterocycles. The Morgan fingerprint density at radius 1 is 1.50 bits per heavy atom. The fourth-order valence-electron chi connectivity index (χ4n) is 0. The zero-order valence-corrected chi connectivity index (χ0v) is 6.13. The van der Waals surface area contributed by atoms with Crippen molar-refractivity contribution >= 4 is 47.4 Å². The molecule has 0 saturated heterocycles. The maximum atomic E-state index is 8.51. The molecule has 0 bridgehead atoms. The van der Waals surface area contributed by atoms with Gasteiger partial charge in [-0.25, -0.2) is 0 Å². The van der Waals surface area contributed by atoms with Gasteiger partial charge in [0.05, 0.1) is 9.65 Å². The van der Waals surface area contributed by atoms with Gasteiger partial charge in [0.25, 0.3) is 0 Å². The predicted octanol–water partition coefficient (Wildman–Crippen LogP) is -2.62. The van der Waals surface area contributed by atoms with Crippen molar-refractivity contribution in [2.45, 2.75) is 0 Å².